The van der Waals surface area contributed by atoms with E-state index in [9.17, 15) is 9.59 Å². The highest BCUT2D eigenvalue weighted by Crippen LogP contribution is 2.24. The van der Waals surface area contributed by atoms with Gasteiger partial charge in [0.15, 0.2) is 6.61 Å². The van der Waals surface area contributed by atoms with Crippen LogP contribution in [0.3, 0.4) is 0 Å². The second-order valence-electron chi connectivity index (χ2n) is 6.21. The summed E-state index contributed by atoms with van der Waals surface area (Å²) in [5.41, 5.74) is 11.5. The van der Waals surface area contributed by atoms with Crippen molar-refractivity contribution >= 4 is 28.9 Å². The van der Waals surface area contributed by atoms with Crippen LogP contribution in [0.15, 0.2) is 47.7 Å². The van der Waals surface area contributed by atoms with Gasteiger partial charge in [-0.05, 0) is 60.2 Å². The van der Waals surface area contributed by atoms with Gasteiger partial charge in [-0.3, -0.25) is 9.59 Å². The first-order valence-electron chi connectivity index (χ1n) is 8.37. The number of hydrogen-bond donors (Lipinski definition) is 3. The zero-order chi connectivity index (χ0) is 19.4. The number of aryl methyl sites for hydroxylation is 2. The van der Waals surface area contributed by atoms with Crippen LogP contribution in [0.2, 0.25) is 0 Å². The van der Waals surface area contributed by atoms with Gasteiger partial charge >= 0.3 is 0 Å². The summed E-state index contributed by atoms with van der Waals surface area (Å²) in [5, 5.41) is 5.06. The van der Waals surface area contributed by atoms with Gasteiger partial charge < -0.3 is 15.5 Å². The van der Waals surface area contributed by atoms with Crippen molar-refractivity contribution in [1.82, 2.24) is 10.4 Å². The standard InChI is InChI=1S/C20H20N4O3/c1-12-7-16(20(21)26)8-13(2)19(12)27-11-18(25)24-23-10-14-3-4-15-5-6-22-17(15)9-14/h3-10,22H,11H2,1-2H3,(H2,21,26)(H,24,25). The Morgan fingerprint density at radius 1 is 1.19 bits per heavy atom. The van der Waals surface area contributed by atoms with E-state index in [1.807, 2.05) is 30.5 Å². The van der Waals surface area contributed by atoms with Crippen LogP contribution in [0, 0.1) is 13.8 Å². The average Bonchev–Trinajstić information content (AvgIpc) is 3.08. The molecule has 0 saturated carbocycles. The minimum Gasteiger partial charge on any atom is -0.483 e. The lowest BCUT2D eigenvalue weighted by molar-refractivity contribution is -0.123. The number of carbonyl (C=O) groups excluding carboxylic acids is 2. The molecule has 0 saturated heterocycles. The molecule has 0 radical (unpaired) electrons. The van der Waals surface area contributed by atoms with Crippen molar-refractivity contribution in [2.75, 3.05) is 6.61 Å². The Kier molecular flexibility index (Phi) is 5.21. The predicted octanol–water partition coefficient (Wildman–Crippen LogP) is 2.41. The van der Waals surface area contributed by atoms with Gasteiger partial charge in [0, 0.05) is 17.3 Å². The number of H-pyrrole nitrogens is 1. The van der Waals surface area contributed by atoms with E-state index in [-0.39, 0.29) is 12.5 Å². The highest BCUT2D eigenvalue weighted by Gasteiger charge is 2.11. The first kappa shape index (κ1) is 18.2. The third-order valence-electron chi connectivity index (χ3n) is 4.07. The van der Waals surface area contributed by atoms with E-state index < -0.39 is 5.91 Å². The Bertz CT molecular complexity index is 1010. The molecule has 27 heavy (non-hydrogen) atoms. The number of fused-ring (bicyclic) bond motifs is 1. The number of nitrogens with zero attached hydrogens (tertiary/aromatic N) is 1. The van der Waals surface area contributed by atoms with Gasteiger partial charge in [-0.25, -0.2) is 5.43 Å². The third-order valence-corrected chi connectivity index (χ3v) is 4.07. The van der Waals surface area contributed by atoms with E-state index in [4.69, 9.17) is 10.5 Å². The minimum atomic E-state index is -0.502. The lowest BCUT2D eigenvalue weighted by Gasteiger charge is -2.12. The molecule has 4 N–H and O–H groups in total. The van der Waals surface area contributed by atoms with Gasteiger partial charge in [-0.1, -0.05) is 12.1 Å². The van der Waals surface area contributed by atoms with Crippen LogP contribution in [0.25, 0.3) is 10.9 Å². The lowest BCUT2D eigenvalue weighted by Crippen LogP contribution is -2.25. The average molecular weight is 364 g/mol. The lowest BCUT2D eigenvalue weighted by atomic mass is 10.1. The van der Waals surface area contributed by atoms with Crippen LogP contribution in [0.5, 0.6) is 5.75 Å². The van der Waals surface area contributed by atoms with Crippen molar-refractivity contribution in [3.63, 3.8) is 0 Å². The minimum absolute atomic E-state index is 0.190. The summed E-state index contributed by atoms with van der Waals surface area (Å²) in [6.45, 7) is 3.40. The molecule has 7 nitrogen and oxygen atoms in total. The molecule has 0 aliphatic heterocycles. The van der Waals surface area contributed by atoms with Crippen molar-refractivity contribution in [2.45, 2.75) is 13.8 Å². The number of benzene rings is 2. The number of ether oxygens (including phenoxy) is 1. The van der Waals surface area contributed by atoms with Crippen LogP contribution in [0.4, 0.5) is 0 Å². The quantitative estimate of drug-likeness (QED) is 0.461. The molecular formula is C20H20N4O3. The van der Waals surface area contributed by atoms with Crippen molar-refractivity contribution in [1.29, 1.82) is 0 Å². The normalized spacial score (nSPS) is 11.0. The first-order valence-corrected chi connectivity index (χ1v) is 8.37. The molecule has 0 aliphatic carbocycles. The zero-order valence-corrected chi connectivity index (χ0v) is 15.1. The fourth-order valence-corrected chi connectivity index (χ4v) is 2.81. The van der Waals surface area contributed by atoms with Gasteiger partial charge in [-0.15, -0.1) is 0 Å². The van der Waals surface area contributed by atoms with Crippen molar-refractivity contribution in [3.05, 3.63) is 64.8 Å². The van der Waals surface area contributed by atoms with Gasteiger partial charge in [0.25, 0.3) is 5.91 Å². The third kappa shape index (κ3) is 4.33. The summed E-state index contributed by atoms with van der Waals surface area (Å²) in [6.07, 6.45) is 3.43. The van der Waals surface area contributed by atoms with Crippen LogP contribution in [-0.4, -0.2) is 29.6 Å². The maximum atomic E-state index is 11.9. The summed E-state index contributed by atoms with van der Waals surface area (Å²) in [7, 11) is 0. The van der Waals surface area contributed by atoms with Gasteiger partial charge in [0.1, 0.15) is 5.75 Å². The topological polar surface area (TPSA) is 110 Å². The molecule has 3 rings (SSSR count). The maximum absolute atomic E-state index is 11.9. The van der Waals surface area contributed by atoms with Crippen LogP contribution in [0.1, 0.15) is 27.0 Å². The second kappa shape index (κ2) is 7.74. The van der Waals surface area contributed by atoms with E-state index in [0.717, 1.165) is 27.6 Å². The molecule has 0 bridgehead atoms. The molecular weight excluding hydrogens is 344 g/mol. The zero-order valence-electron chi connectivity index (χ0n) is 15.1. The van der Waals surface area contributed by atoms with Crippen LogP contribution >= 0.6 is 0 Å². The van der Waals surface area contributed by atoms with Crippen LogP contribution < -0.4 is 15.9 Å². The molecule has 0 fully saturated rings. The fourth-order valence-electron chi connectivity index (χ4n) is 2.81. The van der Waals surface area contributed by atoms with Gasteiger partial charge in [-0.2, -0.15) is 5.10 Å². The largest absolute Gasteiger partial charge is 0.483 e. The molecule has 2 aromatic carbocycles. The SMILES string of the molecule is Cc1cc(C(N)=O)cc(C)c1OCC(=O)NN=Cc1ccc2cc[nH]c2c1. The predicted molar refractivity (Wildman–Crippen MR) is 104 cm³/mol. The molecule has 0 atom stereocenters. The summed E-state index contributed by atoms with van der Waals surface area (Å²) >= 11 is 0. The second-order valence-corrected chi connectivity index (χ2v) is 6.21. The van der Waals surface area contributed by atoms with E-state index in [1.54, 1.807) is 32.2 Å². The number of carbonyl (C=O) groups is 2. The molecule has 2 amide bonds. The van der Waals surface area contributed by atoms with Crippen molar-refractivity contribution in [3.8, 4) is 5.75 Å². The van der Waals surface area contributed by atoms with E-state index in [1.165, 1.54) is 0 Å². The summed E-state index contributed by atoms with van der Waals surface area (Å²) < 4.78 is 5.57. The number of nitrogens with one attached hydrogen (secondary N) is 2. The molecule has 0 unspecified atom stereocenters. The smallest absolute Gasteiger partial charge is 0.277 e. The number of rotatable bonds is 6. The fraction of sp³-hybridized carbons (Fsp3) is 0.150. The Balaban J connectivity index is 1.57. The summed E-state index contributed by atoms with van der Waals surface area (Å²) in [6, 6.07) is 11.1. The highest BCUT2D eigenvalue weighted by molar-refractivity contribution is 5.93. The Labute approximate surface area is 156 Å². The number of hydrogen-bond acceptors (Lipinski definition) is 4. The maximum Gasteiger partial charge on any atom is 0.277 e. The molecule has 138 valence electrons. The Morgan fingerprint density at radius 2 is 1.93 bits per heavy atom. The summed E-state index contributed by atoms with van der Waals surface area (Å²) in [4.78, 5) is 26.3. The Morgan fingerprint density at radius 3 is 2.63 bits per heavy atom. The monoisotopic (exact) mass is 364 g/mol. The number of aromatic amines is 1. The molecule has 1 aromatic heterocycles. The van der Waals surface area contributed by atoms with E-state index >= 15 is 0 Å². The Hall–Kier alpha value is -3.61. The van der Waals surface area contributed by atoms with Crippen molar-refractivity contribution < 1.29 is 14.3 Å². The molecule has 0 aliphatic rings. The van der Waals surface area contributed by atoms with Crippen molar-refractivity contribution in [2.24, 2.45) is 10.8 Å². The number of hydrazone groups is 1. The van der Waals surface area contributed by atoms with Crippen LogP contribution in [-0.2, 0) is 4.79 Å². The molecule has 1 heterocycles. The first-order chi connectivity index (χ1) is 12.9. The molecule has 0 spiro atoms. The highest BCUT2D eigenvalue weighted by atomic mass is 16.5. The number of amides is 2. The van der Waals surface area contributed by atoms with E-state index in [0.29, 0.717) is 11.3 Å². The van der Waals surface area contributed by atoms with Gasteiger partial charge in [0.05, 0.1) is 6.21 Å². The number of aromatic nitrogens is 1. The summed E-state index contributed by atoms with van der Waals surface area (Å²) in [5.74, 6) is -0.335. The van der Waals surface area contributed by atoms with Gasteiger partial charge in [0.2, 0.25) is 5.91 Å². The number of primary amides is 1. The molecule has 3 aromatic rings. The van der Waals surface area contributed by atoms with E-state index in [2.05, 4.69) is 15.5 Å². The number of nitrogens with two attached hydrogens (primary N) is 1. The molecule has 7 heteroatoms.